The number of rotatable bonds is 3. The third-order valence-electron chi connectivity index (χ3n) is 2.79. The van der Waals surface area contributed by atoms with Crippen LogP contribution in [-0.2, 0) is 11.3 Å². The summed E-state index contributed by atoms with van der Waals surface area (Å²) in [7, 11) is 0. The molecule has 0 saturated carbocycles. The Morgan fingerprint density at radius 2 is 2.50 bits per heavy atom. The number of likely N-dealkylation sites (tertiary alicyclic amines) is 1. The Morgan fingerprint density at radius 3 is 3.21 bits per heavy atom. The summed E-state index contributed by atoms with van der Waals surface area (Å²) in [5, 5.41) is 4.26. The van der Waals surface area contributed by atoms with E-state index in [1.807, 2.05) is 0 Å². The zero-order valence-corrected chi connectivity index (χ0v) is 9.00. The van der Waals surface area contributed by atoms with Crippen molar-refractivity contribution < 1.29 is 4.79 Å². The van der Waals surface area contributed by atoms with Gasteiger partial charge in [-0.1, -0.05) is 6.42 Å². The maximum atomic E-state index is 10.9. The van der Waals surface area contributed by atoms with Gasteiger partial charge in [0.2, 0.25) is 0 Å². The van der Waals surface area contributed by atoms with Gasteiger partial charge in [0.15, 0.2) is 0 Å². The summed E-state index contributed by atoms with van der Waals surface area (Å²) in [5.41, 5.74) is 1.34. The minimum absolute atomic E-state index is 0.156. The monoisotopic (exact) mass is 209 g/mol. The first-order chi connectivity index (χ1) is 6.90. The third-order valence-corrected chi connectivity index (χ3v) is 3.52. The van der Waals surface area contributed by atoms with Gasteiger partial charge in [-0.2, -0.15) is 11.3 Å². The van der Waals surface area contributed by atoms with Gasteiger partial charge in [-0.15, -0.1) is 0 Å². The van der Waals surface area contributed by atoms with Gasteiger partial charge in [0.25, 0.3) is 0 Å². The molecule has 0 aliphatic carbocycles. The Kier molecular flexibility index (Phi) is 3.32. The number of piperidine rings is 1. The van der Waals surface area contributed by atoms with E-state index in [9.17, 15) is 4.79 Å². The van der Waals surface area contributed by atoms with Crippen LogP contribution in [0.25, 0.3) is 0 Å². The predicted octanol–water partition coefficient (Wildman–Crippen LogP) is 2.30. The van der Waals surface area contributed by atoms with Crippen LogP contribution in [0.2, 0.25) is 0 Å². The van der Waals surface area contributed by atoms with Crippen molar-refractivity contribution in [2.75, 3.05) is 6.54 Å². The van der Waals surface area contributed by atoms with Crippen molar-refractivity contribution in [2.24, 2.45) is 0 Å². The molecule has 3 heteroatoms. The van der Waals surface area contributed by atoms with Crippen LogP contribution in [0.3, 0.4) is 0 Å². The van der Waals surface area contributed by atoms with Crippen LogP contribution in [0.1, 0.15) is 24.8 Å². The second-order valence-corrected chi connectivity index (χ2v) is 4.58. The summed E-state index contributed by atoms with van der Waals surface area (Å²) in [5.74, 6) is 0. The lowest BCUT2D eigenvalue weighted by Crippen LogP contribution is -2.39. The number of hydrogen-bond donors (Lipinski definition) is 0. The van der Waals surface area contributed by atoms with Gasteiger partial charge in [-0.05, 0) is 41.8 Å². The van der Waals surface area contributed by atoms with Crippen molar-refractivity contribution in [2.45, 2.75) is 31.8 Å². The van der Waals surface area contributed by atoms with Gasteiger partial charge in [-0.3, -0.25) is 4.90 Å². The number of nitrogens with zero attached hydrogens (tertiary/aromatic N) is 1. The molecule has 2 nitrogen and oxygen atoms in total. The normalized spacial score (nSPS) is 23.6. The van der Waals surface area contributed by atoms with E-state index in [-0.39, 0.29) is 6.04 Å². The summed E-state index contributed by atoms with van der Waals surface area (Å²) >= 11 is 1.72. The van der Waals surface area contributed by atoms with Crippen molar-refractivity contribution in [3.05, 3.63) is 22.4 Å². The average molecular weight is 209 g/mol. The van der Waals surface area contributed by atoms with Gasteiger partial charge in [0, 0.05) is 6.54 Å². The molecule has 0 N–H and O–H groups in total. The Labute approximate surface area is 88.5 Å². The molecule has 2 heterocycles. The maximum Gasteiger partial charge on any atom is 0.137 e. The van der Waals surface area contributed by atoms with Crippen LogP contribution in [0, 0.1) is 0 Å². The lowest BCUT2D eigenvalue weighted by atomic mass is 10.0. The van der Waals surface area contributed by atoms with E-state index in [4.69, 9.17) is 0 Å². The number of thiophene rings is 1. The van der Waals surface area contributed by atoms with Gasteiger partial charge < -0.3 is 4.79 Å². The molecule has 1 aliphatic rings. The first-order valence-corrected chi connectivity index (χ1v) is 6.05. The van der Waals surface area contributed by atoms with Crippen LogP contribution in [0.4, 0.5) is 0 Å². The first kappa shape index (κ1) is 9.87. The summed E-state index contributed by atoms with van der Waals surface area (Å²) < 4.78 is 0. The van der Waals surface area contributed by atoms with Crippen LogP contribution < -0.4 is 0 Å². The van der Waals surface area contributed by atoms with Crippen molar-refractivity contribution in [1.29, 1.82) is 0 Å². The molecule has 0 radical (unpaired) electrons. The average Bonchev–Trinajstić information content (AvgIpc) is 2.71. The maximum absolute atomic E-state index is 10.9. The molecule has 1 unspecified atom stereocenters. The zero-order chi connectivity index (χ0) is 9.80. The molecule has 1 fully saturated rings. The highest BCUT2D eigenvalue weighted by atomic mass is 32.1. The molecule has 1 aliphatic heterocycles. The Morgan fingerprint density at radius 1 is 1.57 bits per heavy atom. The minimum Gasteiger partial charge on any atom is -0.302 e. The van der Waals surface area contributed by atoms with E-state index in [0.29, 0.717) is 0 Å². The number of carbonyl (C=O) groups is 1. The second kappa shape index (κ2) is 4.71. The minimum atomic E-state index is 0.156. The van der Waals surface area contributed by atoms with Crippen molar-refractivity contribution in [1.82, 2.24) is 4.90 Å². The van der Waals surface area contributed by atoms with Gasteiger partial charge in [-0.25, -0.2) is 0 Å². The van der Waals surface area contributed by atoms with Gasteiger partial charge >= 0.3 is 0 Å². The van der Waals surface area contributed by atoms with E-state index >= 15 is 0 Å². The van der Waals surface area contributed by atoms with Crippen LogP contribution >= 0.6 is 11.3 Å². The molecule has 0 amide bonds. The quantitative estimate of drug-likeness (QED) is 0.712. The van der Waals surface area contributed by atoms with Crippen LogP contribution in [0.15, 0.2) is 16.8 Å². The number of carbonyl (C=O) groups excluding carboxylic acids is 1. The molecular formula is C11H15NOS. The highest BCUT2D eigenvalue weighted by Crippen LogP contribution is 2.19. The Bertz CT molecular complexity index is 283. The lowest BCUT2D eigenvalue weighted by molar-refractivity contribution is -0.113. The zero-order valence-electron chi connectivity index (χ0n) is 8.19. The largest absolute Gasteiger partial charge is 0.302 e. The smallest absolute Gasteiger partial charge is 0.137 e. The molecule has 0 bridgehead atoms. The van der Waals surface area contributed by atoms with Gasteiger partial charge in [0.1, 0.15) is 6.29 Å². The van der Waals surface area contributed by atoms with E-state index < -0.39 is 0 Å². The highest BCUT2D eigenvalue weighted by Gasteiger charge is 2.21. The predicted molar refractivity (Wildman–Crippen MR) is 58.4 cm³/mol. The second-order valence-electron chi connectivity index (χ2n) is 3.80. The standard InChI is InChI=1S/C11H15NOS/c13-8-11-3-1-2-5-12(11)7-10-4-6-14-9-10/h4,6,8-9,11H,1-3,5,7H2. The van der Waals surface area contributed by atoms with Crippen LogP contribution in [-0.4, -0.2) is 23.8 Å². The third kappa shape index (κ3) is 2.22. The summed E-state index contributed by atoms with van der Waals surface area (Å²) in [6.07, 6.45) is 4.57. The van der Waals surface area contributed by atoms with Crippen molar-refractivity contribution >= 4 is 17.6 Å². The fourth-order valence-electron chi connectivity index (χ4n) is 1.98. The highest BCUT2D eigenvalue weighted by molar-refractivity contribution is 7.07. The molecule has 0 spiro atoms. The van der Waals surface area contributed by atoms with E-state index in [2.05, 4.69) is 21.7 Å². The SMILES string of the molecule is O=CC1CCCCN1Cc1ccsc1. The Hall–Kier alpha value is -0.670. The first-order valence-electron chi connectivity index (χ1n) is 5.10. The van der Waals surface area contributed by atoms with E-state index in [0.717, 1.165) is 25.8 Å². The van der Waals surface area contributed by atoms with E-state index in [1.165, 1.54) is 18.4 Å². The summed E-state index contributed by atoms with van der Waals surface area (Å²) in [4.78, 5) is 13.1. The fraction of sp³-hybridized carbons (Fsp3) is 0.545. The van der Waals surface area contributed by atoms with Crippen LogP contribution in [0.5, 0.6) is 0 Å². The van der Waals surface area contributed by atoms with Crippen molar-refractivity contribution in [3.8, 4) is 0 Å². The molecule has 1 saturated heterocycles. The molecular weight excluding hydrogens is 194 g/mol. The fourth-order valence-corrected chi connectivity index (χ4v) is 2.64. The molecule has 1 aromatic heterocycles. The molecule has 0 aromatic carbocycles. The molecule has 1 atom stereocenters. The number of aldehydes is 1. The molecule has 2 rings (SSSR count). The van der Waals surface area contributed by atoms with E-state index in [1.54, 1.807) is 11.3 Å². The Balaban J connectivity index is 1.98. The molecule has 76 valence electrons. The molecule has 1 aromatic rings. The topological polar surface area (TPSA) is 20.3 Å². The molecule has 14 heavy (non-hydrogen) atoms. The van der Waals surface area contributed by atoms with Gasteiger partial charge in [0.05, 0.1) is 6.04 Å². The number of hydrogen-bond acceptors (Lipinski definition) is 3. The summed E-state index contributed by atoms with van der Waals surface area (Å²) in [6, 6.07) is 2.30. The lowest BCUT2D eigenvalue weighted by Gasteiger charge is -2.31. The van der Waals surface area contributed by atoms with Crippen molar-refractivity contribution in [3.63, 3.8) is 0 Å². The summed E-state index contributed by atoms with van der Waals surface area (Å²) in [6.45, 7) is 2.01.